The van der Waals surface area contributed by atoms with Crippen LogP contribution in [0.15, 0.2) is 10.1 Å². The third kappa shape index (κ3) is 5.83. The Labute approximate surface area is 90.4 Å². The molecule has 86 valence electrons. The summed E-state index contributed by atoms with van der Waals surface area (Å²) < 4.78 is 0. The molecule has 5 heteroatoms. The van der Waals surface area contributed by atoms with Gasteiger partial charge in [-0.2, -0.15) is 0 Å². The van der Waals surface area contributed by atoms with Crippen LogP contribution in [0.5, 0.6) is 0 Å². The maximum Gasteiger partial charge on any atom is 0.250 e. The standard InChI is InChI=1S/C10H19N3O2/c1-5-9(13-15-4)6-7(2)10(14)12-8(3)11/h7H,5-6H2,1-4H3,(H2,11,12,14). The molecule has 15 heavy (non-hydrogen) atoms. The number of aliphatic imine (C=N–C) groups is 1. The second-order valence-corrected chi connectivity index (χ2v) is 3.39. The van der Waals surface area contributed by atoms with Crippen molar-refractivity contribution >= 4 is 17.5 Å². The van der Waals surface area contributed by atoms with Gasteiger partial charge >= 0.3 is 0 Å². The van der Waals surface area contributed by atoms with E-state index in [4.69, 9.17) is 5.73 Å². The van der Waals surface area contributed by atoms with Crippen molar-refractivity contribution in [2.45, 2.75) is 33.6 Å². The number of amides is 1. The van der Waals surface area contributed by atoms with Gasteiger partial charge < -0.3 is 10.6 Å². The molecule has 0 saturated heterocycles. The van der Waals surface area contributed by atoms with Gasteiger partial charge in [-0.25, -0.2) is 4.99 Å². The maximum absolute atomic E-state index is 11.4. The monoisotopic (exact) mass is 213 g/mol. The molecule has 0 bridgehead atoms. The minimum absolute atomic E-state index is 0.211. The van der Waals surface area contributed by atoms with Crippen molar-refractivity contribution in [3.63, 3.8) is 0 Å². The number of carbonyl (C=O) groups excluding carboxylic acids is 1. The Morgan fingerprint density at radius 3 is 2.53 bits per heavy atom. The molecule has 0 aromatic carbocycles. The Morgan fingerprint density at radius 1 is 1.53 bits per heavy atom. The van der Waals surface area contributed by atoms with Crippen LogP contribution < -0.4 is 5.73 Å². The number of hydrogen-bond acceptors (Lipinski definition) is 3. The smallest absolute Gasteiger partial charge is 0.250 e. The zero-order valence-corrected chi connectivity index (χ0v) is 9.78. The number of nitrogens with zero attached hydrogens (tertiary/aromatic N) is 2. The fourth-order valence-electron chi connectivity index (χ4n) is 1.10. The van der Waals surface area contributed by atoms with E-state index in [2.05, 4.69) is 15.0 Å². The predicted molar refractivity (Wildman–Crippen MR) is 60.8 cm³/mol. The molecule has 0 radical (unpaired) electrons. The van der Waals surface area contributed by atoms with Gasteiger partial charge in [0.1, 0.15) is 7.11 Å². The molecule has 0 rings (SSSR count). The lowest BCUT2D eigenvalue weighted by atomic mass is 10.0. The molecular formula is C10H19N3O2. The van der Waals surface area contributed by atoms with Crippen molar-refractivity contribution in [2.24, 2.45) is 21.8 Å². The van der Waals surface area contributed by atoms with Crippen molar-refractivity contribution in [3.8, 4) is 0 Å². The summed E-state index contributed by atoms with van der Waals surface area (Å²) in [5, 5.41) is 3.83. The third-order valence-corrected chi connectivity index (χ3v) is 1.88. The Bertz CT molecular complexity index is 268. The number of oxime groups is 1. The van der Waals surface area contributed by atoms with E-state index < -0.39 is 0 Å². The summed E-state index contributed by atoms with van der Waals surface area (Å²) in [6, 6.07) is 0. The van der Waals surface area contributed by atoms with Crippen molar-refractivity contribution < 1.29 is 9.63 Å². The number of rotatable bonds is 5. The average Bonchev–Trinajstić information content (AvgIpc) is 2.15. The summed E-state index contributed by atoms with van der Waals surface area (Å²) >= 11 is 0. The van der Waals surface area contributed by atoms with Gasteiger partial charge in [-0.15, -0.1) is 0 Å². The van der Waals surface area contributed by atoms with Gasteiger partial charge in [0.15, 0.2) is 0 Å². The van der Waals surface area contributed by atoms with E-state index in [1.165, 1.54) is 7.11 Å². The SMILES string of the molecule is CCC(CC(C)C(=O)N=C(C)N)=NOC. The molecule has 0 aromatic heterocycles. The minimum Gasteiger partial charge on any atom is -0.399 e. The van der Waals surface area contributed by atoms with E-state index in [-0.39, 0.29) is 17.7 Å². The van der Waals surface area contributed by atoms with Crippen LogP contribution in [-0.2, 0) is 9.63 Å². The first-order chi connectivity index (χ1) is 7.01. The van der Waals surface area contributed by atoms with E-state index >= 15 is 0 Å². The fourth-order valence-corrected chi connectivity index (χ4v) is 1.10. The van der Waals surface area contributed by atoms with E-state index in [9.17, 15) is 4.79 Å². The molecule has 0 spiro atoms. The summed E-state index contributed by atoms with van der Waals surface area (Å²) in [5.74, 6) is -0.141. The number of hydrogen-bond donors (Lipinski definition) is 1. The van der Waals surface area contributed by atoms with Gasteiger partial charge in [-0.3, -0.25) is 4.79 Å². The van der Waals surface area contributed by atoms with Crippen LogP contribution in [0.3, 0.4) is 0 Å². The Hall–Kier alpha value is -1.39. The molecule has 0 aromatic rings. The van der Waals surface area contributed by atoms with Crippen LogP contribution in [0.1, 0.15) is 33.6 Å². The molecule has 0 aliphatic rings. The molecule has 0 aliphatic heterocycles. The van der Waals surface area contributed by atoms with Crippen molar-refractivity contribution in [1.29, 1.82) is 0 Å². The Morgan fingerprint density at radius 2 is 2.13 bits per heavy atom. The Kier molecular flexibility index (Phi) is 6.33. The topological polar surface area (TPSA) is 77.0 Å². The van der Waals surface area contributed by atoms with Crippen LogP contribution in [0, 0.1) is 5.92 Å². The molecule has 0 saturated carbocycles. The number of amidine groups is 1. The summed E-state index contributed by atoms with van der Waals surface area (Å²) in [6.45, 7) is 5.36. The highest BCUT2D eigenvalue weighted by Gasteiger charge is 2.14. The molecule has 1 unspecified atom stereocenters. The van der Waals surface area contributed by atoms with Crippen molar-refractivity contribution in [3.05, 3.63) is 0 Å². The van der Waals surface area contributed by atoms with Gasteiger partial charge in [-0.1, -0.05) is 19.0 Å². The molecule has 0 fully saturated rings. The van der Waals surface area contributed by atoms with Crippen molar-refractivity contribution in [1.82, 2.24) is 0 Å². The second-order valence-electron chi connectivity index (χ2n) is 3.39. The van der Waals surface area contributed by atoms with Crippen molar-refractivity contribution in [2.75, 3.05) is 7.11 Å². The highest BCUT2D eigenvalue weighted by molar-refractivity contribution is 5.95. The van der Waals surface area contributed by atoms with Crippen LogP contribution in [0.2, 0.25) is 0 Å². The molecule has 2 N–H and O–H groups in total. The predicted octanol–water partition coefficient (Wildman–Crippen LogP) is 1.33. The van der Waals surface area contributed by atoms with Gasteiger partial charge in [0.2, 0.25) is 0 Å². The van der Waals surface area contributed by atoms with E-state index in [1.807, 2.05) is 6.92 Å². The van der Waals surface area contributed by atoms with Crippen LogP contribution in [0.25, 0.3) is 0 Å². The lowest BCUT2D eigenvalue weighted by Crippen LogP contribution is -2.17. The fraction of sp³-hybridized carbons (Fsp3) is 0.700. The van der Waals surface area contributed by atoms with E-state index in [0.29, 0.717) is 6.42 Å². The number of nitrogens with two attached hydrogens (primary N) is 1. The quantitative estimate of drug-likeness (QED) is 0.425. The van der Waals surface area contributed by atoms with Gasteiger partial charge in [-0.05, 0) is 13.3 Å². The third-order valence-electron chi connectivity index (χ3n) is 1.88. The van der Waals surface area contributed by atoms with Gasteiger partial charge in [0.05, 0.1) is 11.5 Å². The molecule has 1 atom stereocenters. The second kappa shape index (κ2) is 6.98. The van der Waals surface area contributed by atoms with Crippen LogP contribution >= 0.6 is 0 Å². The number of carbonyl (C=O) groups is 1. The van der Waals surface area contributed by atoms with E-state index in [0.717, 1.165) is 12.1 Å². The molecule has 1 amide bonds. The normalized spacial score (nSPS) is 14.9. The van der Waals surface area contributed by atoms with Gasteiger partial charge in [0, 0.05) is 12.3 Å². The average molecular weight is 213 g/mol. The first-order valence-electron chi connectivity index (χ1n) is 4.94. The van der Waals surface area contributed by atoms with Gasteiger partial charge in [0.25, 0.3) is 5.91 Å². The summed E-state index contributed by atoms with van der Waals surface area (Å²) in [7, 11) is 1.49. The van der Waals surface area contributed by atoms with Crippen LogP contribution in [0.4, 0.5) is 0 Å². The minimum atomic E-state index is -0.216. The largest absolute Gasteiger partial charge is 0.399 e. The first-order valence-corrected chi connectivity index (χ1v) is 4.94. The zero-order chi connectivity index (χ0) is 11.8. The highest BCUT2D eigenvalue weighted by Crippen LogP contribution is 2.08. The first kappa shape index (κ1) is 13.6. The molecule has 0 aliphatic carbocycles. The lowest BCUT2D eigenvalue weighted by molar-refractivity contribution is -0.120. The molecule has 5 nitrogen and oxygen atoms in total. The Balaban J connectivity index is 4.35. The zero-order valence-electron chi connectivity index (χ0n) is 9.78. The maximum atomic E-state index is 11.4. The summed E-state index contributed by atoms with van der Waals surface area (Å²) in [5.41, 5.74) is 6.18. The highest BCUT2D eigenvalue weighted by atomic mass is 16.6. The van der Waals surface area contributed by atoms with E-state index in [1.54, 1.807) is 13.8 Å². The van der Waals surface area contributed by atoms with Crippen LogP contribution in [-0.4, -0.2) is 24.6 Å². The summed E-state index contributed by atoms with van der Waals surface area (Å²) in [6.07, 6.45) is 1.32. The molecular weight excluding hydrogens is 194 g/mol. The lowest BCUT2D eigenvalue weighted by Gasteiger charge is -2.07. The molecule has 0 heterocycles. The summed E-state index contributed by atoms with van der Waals surface area (Å²) in [4.78, 5) is 19.8.